The third-order valence-electron chi connectivity index (χ3n) is 9.34. The van der Waals surface area contributed by atoms with Crippen molar-refractivity contribution < 1.29 is 24.5 Å². The number of methoxy groups -OCH3 is 1. The van der Waals surface area contributed by atoms with Gasteiger partial charge in [-0.05, 0) is 92.0 Å². The molecule has 0 aromatic heterocycles. The molecule has 36 heavy (non-hydrogen) atoms. The number of aliphatic hydroxyl groups is 1. The van der Waals surface area contributed by atoms with E-state index in [1.165, 1.54) is 26.4 Å². The van der Waals surface area contributed by atoms with Gasteiger partial charge in [-0.1, -0.05) is 18.3 Å². The number of fused-ring (bicyclic) bond motifs is 4. The van der Waals surface area contributed by atoms with Crippen molar-refractivity contribution in [2.24, 2.45) is 29.6 Å². The molecule has 1 aromatic rings. The van der Waals surface area contributed by atoms with Gasteiger partial charge in [-0.15, -0.1) is 0 Å². The van der Waals surface area contributed by atoms with Crippen molar-refractivity contribution >= 4 is 11.6 Å². The second-order valence-electron chi connectivity index (χ2n) is 11.4. The normalized spacial score (nSPS) is 32.9. The number of phenols is 1. The Bertz CT molecular complexity index is 1060. The summed E-state index contributed by atoms with van der Waals surface area (Å²) in [6.07, 6.45) is 8.15. The summed E-state index contributed by atoms with van der Waals surface area (Å²) in [5.74, 6) is 9.01. The molecule has 6 nitrogen and oxygen atoms in total. The summed E-state index contributed by atoms with van der Waals surface area (Å²) in [6.45, 7) is 1.01. The average Bonchev–Trinajstić information content (AvgIpc) is 2.95. The van der Waals surface area contributed by atoms with Crippen LogP contribution in [0.3, 0.4) is 0 Å². The summed E-state index contributed by atoms with van der Waals surface area (Å²) >= 11 is 0. The first-order valence-corrected chi connectivity index (χ1v) is 13.8. The third-order valence-corrected chi connectivity index (χ3v) is 9.34. The summed E-state index contributed by atoms with van der Waals surface area (Å²) in [7, 11) is 1.51. The number of nitrogens with one attached hydrogen (secondary N) is 1. The monoisotopic (exact) mass is 493 g/mol. The van der Waals surface area contributed by atoms with E-state index in [0.29, 0.717) is 67.4 Å². The summed E-state index contributed by atoms with van der Waals surface area (Å²) in [6, 6.07) is 3.85. The van der Waals surface area contributed by atoms with E-state index in [4.69, 9.17) is 4.74 Å². The Hall–Kier alpha value is -2.36. The molecule has 6 heteroatoms. The fraction of sp³-hybridized carbons (Fsp3) is 0.667. The number of aryl methyl sites for hydroxylation is 1. The first-order chi connectivity index (χ1) is 17.4. The molecule has 3 aliphatic carbocycles. The molecule has 2 saturated carbocycles. The summed E-state index contributed by atoms with van der Waals surface area (Å²) in [5.41, 5.74) is 1.87. The Kier molecular flexibility index (Phi) is 7.69. The van der Waals surface area contributed by atoms with E-state index in [-0.39, 0.29) is 11.5 Å². The fourth-order valence-electron chi connectivity index (χ4n) is 7.36. The molecule has 1 saturated heterocycles. The van der Waals surface area contributed by atoms with Gasteiger partial charge in [0.05, 0.1) is 13.2 Å². The number of hydrogen-bond donors (Lipinski definition) is 3. The average molecular weight is 494 g/mol. The number of carbonyl (C=O) groups excluding carboxylic acids is 2. The highest BCUT2D eigenvalue weighted by Crippen LogP contribution is 2.46. The van der Waals surface area contributed by atoms with Crippen LogP contribution in [0, 0.1) is 41.4 Å². The van der Waals surface area contributed by atoms with Crippen molar-refractivity contribution in [3.05, 3.63) is 23.3 Å². The van der Waals surface area contributed by atoms with E-state index in [0.717, 1.165) is 42.9 Å². The molecule has 4 aliphatic rings. The van der Waals surface area contributed by atoms with Crippen LogP contribution in [0.25, 0.3) is 0 Å². The molecule has 0 spiro atoms. The standard InChI is InChI=1S/C30H39NO5/c1-36-30-15-20-7-12-28(34)25(4-2-3-19(20)14-29(30)35)27(33)11-6-18-5-9-23-21(13-18)17-31-26-16-22(32)8-10-24(23)26/h14-15,18,21,23-27,31,33,35H,3,5-13,16-17H2,1H3. The highest BCUT2D eigenvalue weighted by Gasteiger charge is 2.44. The summed E-state index contributed by atoms with van der Waals surface area (Å²) in [4.78, 5) is 24.9. The predicted molar refractivity (Wildman–Crippen MR) is 137 cm³/mol. The second-order valence-corrected chi connectivity index (χ2v) is 11.4. The number of carbonyl (C=O) groups is 2. The Balaban J connectivity index is 1.16. The zero-order valence-electron chi connectivity index (χ0n) is 21.3. The van der Waals surface area contributed by atoms with Gasteiger partial charge in [0.2, 0.25) is 0 Å². The van der Waals surface area contributed by atoms with Crippen LogP contribution in [-0.4, -0.2) is 47.6 Å². The van der Waals surface area contributed by atoms with Gasteiger partial charge in [0.1, 0.15) is 11.7 Å². The number of aliphatic hydroxyl groups excluding tert-OH is 1. The third kappa shape index (κ3) is 5.33. The zero-order chi connectivity index (χ0) is 25.2. The van der Waals surface area contributed by atoms with Crippen molar-refractivity contribution in [1.82, 2.24) is 5.32 Å². The molecule has 1 aromatic carbocycles. The minimum Gasteiger partial charge on any atom is -0.504 e. The van der Waals surface area contributed by atoms with E-state index in [2.05, 4.69) is 17.2 Å². The molecule has 0 radical (unpaired) electrons. The number of aromatic hydroxyl groups is 1. The van der Waals surface area contributed by atoms with Gasteiger partial charge in [-0.3, -0.25) is 9.59 Å². The van der Waals surface area contributed by atoms with Crippen LogP contribution in [-0.2, 0) is 22.4 Å². The lowest BCUT2D eigenvalue weighted by Gasteiger charge is -2.49. The molecular weight excluding hydrogens is 454 g/mol. The van der Waals surface area contributed by atoms with Crippen molar-refractivity contribution in [3.63, 3.8) is 0 Å². The largest absolute Gasteiger partial charge is 0.504 e. The fourth-order valence-corrected chi connectivity index (χ4v) is 7.36. The van der Waals surface area contributed by atoms with Crippen LogP contribution in [0.4, 0.5) is 0 Å². The molecule has 7 atom stereocenters. The minimum absolute atomic E-state index is 0.00651. The van der Waals surface area contributed by atoms with Crippen molar-refractivity contribution in [2.45, 2.75) is 82.8 Å². The Morgan fingerprint density at radius 3 is 2.81 bits per heavy atom. The maximum Gasteiger partial charge on any atom is 0.160 e. The number of Topliss-reactive ketones (excluding diaryl/α,β-unsaturated/α-hetero) is 2. The van der Waals surface area contributed by atoms with E-state index < -0.39 is 12.0 Å². The van der Waals surface area contributed by atoms with Gasteiger partial charge in [0, 0.05) is 31.7 Å². The number of ketones is 2. The molecule has 1 aliphatic heterocycles. The lowest BCUT2D eigenvalue weighted by atomic mass is 9.61. The highest BCUT2D eigenvalue weighted by atomic mass is 16.5. The number of hydrogen-bond acceptors (Lipinski definition) is 6. The van der Waals surface area contributed by atoms with Gasteiger partial charge in [0.25, 0.3) is 0 Å². The van der Waals surface area contributed by atoms with Crippen molar-refractivity contribution in [1.29, 1.82) is 0 Å². The van der Waals surface area contributed by atoms with Crippen molar-refractivity contribution in [3.8, 4) is 23.3 Å². The van der Waals surface area contributed by atoms with E-state index in [9.17, 15) is 19.8 Å². The Morgan fingerprint density at radius 1 is 1.11 bits per heavy atom. The van der Waals surface area contributed by atoms with Gasteiger partial charge in [-0.2, -0.15) is 0 Å². The maximum atomic E-state index is 13.0. The lowest BCUT2D eigenvalue weighted by molar-refractivity contribution is -0.124. The van der Waals surface area contributed by atoms with Crippen LogP contribution in [0.2, 0.25) is 0 Å². The Morgan fingerprint density at radius 2 is 1.97 bits per heavy atom. The summed E-state index contributed by atoms with van der Waals surface area (Å²) < 4.78 is 5.23. The van der Waals surface area contributed by atoms with Gasteiger partial charge < -0.3 is 20.3 Å². The number of rotatable bonds is 5. The van der Waals surface area contributed by atoms with Crippen LogP contribution >= 0.6 is 0 Å². The quantitative estimate of drug-likeness (QED) is 0.543. The molecule has 7 unspecified atom stereocenters. The molecule has 0 bridgehead atoms. The smallest absolute Gasteiger partial charge is 0.160 e. The number of piperidine rings is 1. The summed E-state index contributed by atoms with van der Waals surface area (Å²) in [5, 5.41) is 24.8. The van der Waals surface area contributed by atoms with Crippen LogP contribution in [0.5, 0.6) is 11.5 Å². The molecule has 1 heterocycles. The SMILES string of the molecule is COc1cc2c(cc1O)CC#CC(C(O)CCC1CCC3C(CNC4CC(=O)CCC43)C1)C(=O)CC2. The lowest BCUT2D eigenvalue weighted by Crippen LogP contribution is -2.54. The Labute approximate surface area is 214 Å². The second kappa shape index (κ2) is 10.9. The van der Waals surface area contributed by atoms with Gasteiger partial charge >= 0.3 is 0 Å². The van der Waals surface area contributed by atoms with Crippen LogP contribution in [0.15, 0.2) is 12.1 Å². The first kappa shape index (κ1) is 25.3. The molecule has 0 amide bonds. The highest BCUT2D eigenvalue weighted by molar-refractivity contribution is 5.84. The molecule has 3 N–H and O–H groups in total. The van der Waals surface area contributed by atoms with Crippen LogP contribution < -0.4 is 10.1 Å². The van der Waals surface area contributed by atoms with Crippen molar-refractivity contribution in [2.75, 3.05) is 13.7 Å². The molecule has 3 fully saturated rings. The van der Waals surface area contributed by atoms with Crippen LogP contribution in [0.1, 0.15) is 68.9 Å². The topological polar surface area (TPSA) is 95.9 Å². The number of ether oxygens (including phenoxy) is 1. The molecule has 194 valence electrons. The first-order valence-electron chi connectivity index (χ1n) is 13.8. The van der Waals surface area contributed by atoms with E-state index in [1.54, 1.807) is 12.1 Å². The molecule has 5 rings (SSSR count). The predicted octanol–water partition coefficient (Wildman–Crippen LogP) is 3.59. The van der Waals surface area contributed by atoms with E-state index in [1.807, 2.05) is 0 Å². The number of phenolic OH excluding ortho intramolecular Hbond substituents is 1. The van der Waals surface area contributed by atoms with Gasteiger partial charge in [-0.25, -0.2) is 0 Å². The molecular formula is C30H39NO5. The zero-order valence-corrected chi connectivity index (χ0v) is 21.3. The van der Waals surface area contributed by atoms with E-state index >= 15 is 0 Å². The minimum atomic E-state index is -0.745. The maximum absolute atomic E-state index is 13.0. The van der Waals surface area contributed by atoms with Gasteiger partial charge in [0.15, 0.2) is 17.3 Å². The number of benzene rings is 1.